The van der Waals surface area contributed by atoms with Crippen LogP contribution in [0.2, 0.25) is 0 Å². The third-order valence-corrected chi connectivity index (χ3v) is 4.46. The van der Waals surface area contributed by atoms with Crippen LogP contribution in [0.1, 0.15) is 21.7 Å². The van der Waals surface area contributed by atoms with Crippen LogP contribution in [0.3, 0.4) is 0 Å². The molecule has 0 aliphatic heterocycles. The molecule has 0 radical (unpaired) electrons. The molecule has 0 unspecified atom stereocenters. The highest BCUT2D eigenvalue weighted by Gasteiger charge is 2.22. The summed E-state index contributed by atoms with van der Waals surface area (Å²) in [7, 11) is 3.08. The predicted octanol–water partition coefficient (Wildman–Crippen LogP) is 2.98. The van der Waals surface area contributed by atoms with Crippen molar-refractivity contribution in [1.29, 1.82) is 0 Å². The SMILES string of the molecule is COc1ccc(-c2nc(C)n(Cc3ccccc3OC)c(=O)c2C(=O)O)cc1. The monoisotopic (exact) mass is 380 g/mol. The molecular weight excluding hydrogens is 360 g/mol. The predicted molar refractivity (Wildman–Crippen MR) is 104 cm³/mol. The Labute approximate surface area is 161 Å². The molecule has 7 nitrogen and oxygen atoms in total. The quantitative estimate of drug-likeness (QED) is 0.707. The number of aromatic nitrogens is 2. The maximum Gasteiger partial charge on any atom is 0.343 e. The minimum Gasteiger partial charge on any atom is -0.497 e. The van der Waals surface area contributed by atoms with Gasteiger partial charge in [-0.3, -0.25) is 9.36 Å². The van der Waals surface area contributed by atoms with Gasteiger partial charge in [-0.1, -0.05) is 18.2 Å². The molecule has 0 bridgehead atoms. The van der Waals surface area contributed by atoms with Gasteiger partial charge < -0.3 is 14.6 Å². The second-order valence-corrected chi connectivity index (χ2v) is 6.12. The Morgan fingerprint density at radius 3 is 2.36 bits per heavy atom. The van der Waals surface area contributed by atoms with Gasteiger partial charge in [-0.15, -0.1) is 0 Å². The zero-order chi connectivity index (χ0) is 20.3. The topological polar surface area (TPSA) is 90.7 Å². The molecule has 0 spiro atoms. The Morgan fingerprint density at radius 2 is 1.75 bits per heavy atom. The van der Waals surface area contributed by atoms with Gasteiger partial charge in [0.2, 0.25) is 0 Å². The van der Waals surface area contributed by atoms with E-state index < -0.39 is 11.5 Å². The number of methoxy groups -OCH3 is 2. The fourth-order valence-corrected chi connectivity index (χ4v) is 3.00. The zero-order valence-corrected chi connectivity index (χ0v) is 15.8. The second-order valence-electron chi connectivity index (χ2n) is 6.12. The lowest BCUT2D eigenvalue weighted by Crippen LogP contribution is -2.31. The zero-order valence-electron chi connectivity index (χ0n) is 15.8. The molecule has 1 heterocycles. The molecule has 2 aromatic carbocycles. The standard InChI is InChI=1S/C21H20N2O5/c1-13-22-19(14-8-10-16(27-2)11-9-14)18(21(25)26)20(24)23(13)12-15-6-4-5-7-17(15)28-3/h4-11H,12H2,1-3H3,(H,25,26). The van der Waals surface area contributed by atoms with Crippen LogP contribution < -0.4 is 15.0 Å². The normalized spacial score (nSPS) is 10.5. The first-order valence-electron chi connectivity index (χ1n) is 8.57. The van der Waals surface area contributed by atoms with Gasteiger partial charge in [-0.25, -0.2) is 9.78 Å². The van der Waals surface area contributed by atoms with Gasteiger partial charge in [0.25, 0.3) is 5.56 Å². The van der Waals surface area contributed by atoms with Gasteiger partial charge in [0.15, 0.2) is 5.56 Å². The van der Waals surface area contributed by atoms with Crippen molar-refractivity contribution in [3.05, 3.63) is 75.8 Å². The lowest BCUT2D eigenvalue weighted by molar-refractivity contribution is 0.0694. The van der Waals surface area contributed by atoms with E-state index in [4.69, 9.17) is 9.47 Å². The summed E-state index contributed by atoms with van der Waals surface area (Å²) in [6.07, 6.45) is 0. The fraction of sp³-hybridized carbons (Fsp3) is 0.190. The third kappa shape index (κ3) is 3.59. The average molecular weight is 380 g/mol. The summed E-state index contributed by atoms with van der Waals surface area (Å²) in [6, 6.07) is 14.0. The number of carboxylic acids is 1. The van der Waals surface area contributed by atoms with Crippen LogP contribution in [0.15, 0.2) is 53.3 Å². The smallest absolute Gasteiger partial charge is 0.343 e. The molecule has 0 aliphatic carbocycles. The highest BCUT2D eigenvalue weighted by molar-refractivity contribution is 5.94. The number of rotatable bonds is 6. The summed E-state index contributed by atoms with van der Waals surface area (Å²) in [4.78, 5) is 29.3. The van der Waals surface area contributed by atoms with E-state index in [1.165, 1.54) is 4.57 Å². The second kappa shape index (κ2) is 7.96. The van der Waals surface area contributed by atoms with Gasteiger partial charge >= 0.3 is 5.97 Å². The van der Waals surface area contributed by atoms with Crippen LogP contribution in [-0.2, 0) is 6.54 Å². The van der Waals surface area contributed by atoms with Gasteiger partial charge in [0.1, 0.15) is 17.3 Å². The molecule has 3 aromatic rings. The summed E-state index contributed by atoms with van der Waals surface area (Å²) < 4.78 is 11.8. The number of nitrogens with zero attached hydrogens (tertiary/aromatic N) is 2. The van der Waals surface area contributed by atoms with Crippen LogP contribution in [0.25, 0.3) is 11.3 Å². The van der Waals surface area contributed by atoms with Crippen molar-refractivity contribution < 1.29 is 19.4 Å². The van der Waals surface area contributed by atoms with E-state index in [2.05, 4.69) is 4.98 Å². The number of carboxylic acid groups (broad SMARTS) is 1. The van der Waals surface area contributed by atoms with Crippen LogP contribution >= 0.6 is 0 Å². The molecule has 0 saturated heterocycles. The Hall–Kier alpha value is -3.61. The van der Waals surface area contributed by atoms with E-state index in [1.54, 1.807) is 51.5 Å². The molecule has 0 saturated carbocycles. The van der Waals surface area contributed by atoms with Crippen LogP contribution in [0.4, 0.5) is 0 Å². The summed E-state index contributed by atoms with van der Waals surface area (Å²) in [5.74, 6) is 0.329. The summed E-state index contributed by atoms with van der Waals surface area (Å²) in [5.41, 5.74) is 0.435. The van der Waals surface area contributed by atoms with Gasteiger partial charge in [0, 0.05) is 11.1 Å². The molecule has 1 aromatic heterocycles. The first-order chi connectivity index (χ1) is 13.5. The van der Waals surface area contributed by atoms with E-state index in [0.717, 1.165) is 5.56 Å². The lowest BCUT2D eigenvalue weighted by atomic mass is 10.1. The Morgan fingerprint density at radius 1 is 1.07 bits per heavy atom. The van der Waals surface area contributed by atoms with Crippen molar-refractivity contribution in [2.45, 2.75) is 13.5 Å². The number of para-hydroxylation sites is 1. The van der Waals surface area contributed by atoms with E-state index in [9.17, 15) is 14.7 Å². The number of carbonyl (C=O) groups is 1. The molecule has 144 valence electrons. The molecule has 0 aliphatic rings. The lowest BCUT2D eigenvalue weighted by Gasteiger charge is -2.15. The molecular formula is C21H20N2O5. The van der Waals surface area contributed by atoms with Crippen molar-refractivity contribution in [1.82, 2.24) is 9.55 Å². The number of aromatic carboxylic acids is 1. The Kier molecular flexibility index (Phi) is 5.44. The fourth-order valence-electron chi connectivity index (χ4n) is 3.00. The minimum atomic E-state index is -1.32. The van der Waals surface area contributed by atoms with E-state index in [1.807, 2.05) is 18.2 Å². The summed E-state index contributed by atoms with van der Waals surface area (Å²) in [5, 5.41) is 9.69. The minimum absolute atomic E-state index is 0.133. The summed E-state index contributed by atoms with van der Waals surface area (Å²) >= 11 is 0. The van der Waals surface area contributed by atoms with Crippen molar-refractivity contribution in [3.8, 4) is 22.8 Å². The van der Waals surface area contributed by atoms with Gasteiger partial charge in [0.05, 0.1) is 26.5 Å². The number of ether oxygens (including phenoxy) is 2. The molecule has 3 rings (SSSR count). The highest BCUT2D eigenvalue weighted by atomic mass is 16.5. The molecule has 0 fully saturated rings. The number of aryl methyl sites for hydroxylation is 1. The average Bonchev–Trinajstić information content (AvgIpc) is 2.70. The van der Waals surface area contributed by atoms with Crippen molar-refractivity contribution in [2.75, 3.05) is 14.2 Å². The largest absolute Gasteiger partial charge is 0.497 e. The molecule has 1 N–H and O–H groups in total. The Balaban J connectivity index is 2.15. The van der Waals surface area contributed by atoms with Crippen molar-refractivity contribution in [2.24, 2.45) is 0 Å². The summed E-state index contributed by atoms with van der Waals surface area (Å²) in [6.45, 7) is 1.83. The first-order valence-corrected chi connectivity index (χ1v) is 8.57. The van der Waals surface area contributed by atoms with Crippen LogP contribution in [-0.4, -0.2) is 34.8 Å². The number of benzene rings is 2. The van der Waals surface area contributed by atoms with Crippen molar-refractivity contribution in [3.63, 3.8) is 0 Å². The maximum atomic E-state index is 13.0. The molecule has 0 atom stereocenters. The maximum absolute atomic E-state index is 13.0. The first kappa shape index (κ1) is 19.2. The molecule has 0 amide bonds. The van der Waals surface area contributed by atoms with E-state index >= 15 is 0 Å². The molecule has 28 heavy (non-hydrogen) atoms. The third-order valence-electron chi connectivity index (χ3n) is 4.46. The number of hydrogen-bond donors (Lipinski definition) is 1. The highest BCUT2D eigenvalue weighted by Crippen LogP contribution is 2.24. The number of hydrogen-bond acceptors (Lipinski definition) is 5. The molecule has 7 heteroatoms. The van der Waals surface area contributed by atoms with E-state index in [-0.39, 0.29) is 17.8 Å². The van der Waals surface area contributed by atoms with Crippen LogP contribution in [0.5, 0.6) is 11.5 Å². The van der Waals surface area contributed by atoms with Crippen molar-refractivity contribution >= 4 is 5.97 Å². The van der Waals surface area contributed by atoms with Gasteiger partial charge in [-0.05, 0) is 37.3 Å². The Bertz CT molecular complexity index is 1070. The van der Waals surface area contributed by atoms with Gasteiger partial charge in [-0.2, -0.15) is 0 Å². The van der Waals surface area contributed by atoms with Crippen LogP contribution in [0, 0.1) is 6.92 Å². The van der Waals surface area contributed by atoms with E-state index in [0.29, 0.717) is 22.9 Å².